The maximum absolute atomic E-state index is 8.36. The van der Waals surface area contributed by atoms with Crippen molar-refractivity contribution in [2.45, 2.75) is 0 Å². The Hall–Kier alpha value is -0.263. The standard InChI is InChI=1S/Ce.HNO3.NO3.H3N/c;2*2-1(3)4;/h;(H,2,3,4);;1H3/q;;-1;/p+1. The fraction of sp³-hybridized carbons (Fsp3) is 0. The normalized spacial score (nSPS) is 4.80. The molecular formula is H5CeN3O6. The van der Waals surface area contributed by atoms with Crippen molar-refractivity contribution >= 4 is 0 Å². The quantitative estimate of drug-likeness (QED) is 0.460. The van der Waals surface area contributed by atoms with Gasteiger partial charge >= 0.3 is 0 Å². The Labute approximate surface area is 88.2 Å². The van der Waals surface area contributed by atoms with E-state index in [1.165, 1.54) is 0 Å². The minimum Gasteiger partial charge on any atom is -0.369 e. The summed E-state index contributed by atoms with van der Waals surface area (Å²) in [6.07, 6.45) is 0. The van der Waals surface area contributed by atoms with Crippen LogP contribution in [0.3, 0.4) is 0 Å². The Balaban J connectivity index is -0.0000000300. The molecule has 0 aromatic rings. The van der Waals surface area contributed by atoms with Crippen molar-refractivity contribution in [3.8, 4) is 0 Å². The SMILES string of the molecule is O=[N+]([O-])O.O=[N+]([O-])[O-].[Ce].[NH4+]. The van der Waals surface area contributed by atoms with Crippen LogP contribution < -0.4 is 6.15 Å². The molecular weight excluding hydrogens is 278 g/mol. The van der Waals surface area contributed by atoms with Gasteiger partial charge in [0.25, 0.3) is 5.09 Å². The average molecular weight is 283 g/mol. The summed E-state index contributed by atoms with van der Waals surface area (Å²) in [6, 6.07) is 0. The fourth-order valence-electron chi connectivity index (χ4n) is 0. The van der Waals surface area contributed by atoms with E-state index in [0.29, 0.717) is 0 Å². The number of quaternary nitrogens is 1. The molecule has 5 N–H and O–H groups in total. The Morgan fingerprint density at radius 1 is 1.10 bits per heavy atom. The van der Waals surface area contributed by atoms with Crippen molar-refractivity contribution in [2.24, 2.45) is 0 Å². The predicted octanol–water partition coefficient (Wildman–Crippen LogP) is -0.211. The minimum absolute atomic E-state index is 0. The number of hydrogen-bond donors (Lipinski definition) is 2. The van der Waals surface area contributed by atoms with E-state index in [9.17, 15) is 0 Å². The van der Waals surface area contributed by atoms with Gasteiger partial charge in [0.2, 0.25) is 0 Å². The van der Waals surface area contributed by atoms with Crippen LogP contribution in [0.2, 0.25) is 0 Å². The second-order valence-corrected chi connectivity index (χ2v) is 0.461. The topological polar surface area (TPSA) is 166 Å². The Kier molecular flexibility index (Phi) is 35.9. The van der Waals surface area contributed by atoms with E-state index < -0.39 is 10.2 Å². The third kappa shape index (κ3) is 5060. The zero-order chi connectivity index (χ0) is 7.15. The zero-order valence-electron chi connectivity index (χ0n) is 4.88. The smallest absolute Gasteiger partial charge is 0.291 e. The molecule has 0 saturated heterocycles. The first-order chi connectivity index (χ1) is 3.46. The number of nitrogens with zero attached hydrogens (tertiary/aromatic N) is 2. The first kappa shape index (κ1) is 22.6. The summed E-state index contributed by atoms with van der Waals surface area (Å²) in [4.78, 5) is 16.6. The Morgan fingerprint density at radius 3 is 1.10 bits per heavy atom. The molecule has 60 valence electrons. The van der Waals surface area contributed by atoms with E-state index in [1.807, 2.05) is 0 Å². The van der Waals surface area contributed by atoms with Crippen LogP contribution in [0.1, 0.15) is 0 Å². The van der Waals surface area contributed by atoms with Crippen molar-refractivity contribution in [1.82, 2.24) is 6.15 Å². The fourth-order valence-corrected chi connectivity index (χ4v) is 0. The average Bonchev–Trinajstić information content (AvgIpc) is 1.25. The molecule has 0 atom stereocenters. The van der Waals surface area contributed by atoms with Gasteiger partial charge in [-0.2, -0.15) is 0 Å². The summed E-state index contributed by atoms with van der Waals surface area (Å²) >= 11 is 0. The first-order valence-corrected chi connectivity index (χ1v) is 1.11. The summed E-state index contributed by atoms with van der Waals surface area (Å²) in [5, 5.41) is 28.4. The monoisotopic (exact) mass is 283 g/mol. The van der Waals surface area contributed by atoms with Crippen molar-refractivity contribution in [3.63, 3.8) is 0 Å². The summed E-state index contributed by atoms with van der Waals surface area (Å²) < 4.78 is 0. The van der Waals surface area contributed by atoms with E-state index in [4.69, 9.17) is 30.6 Å². The number of rotatable bonds is 0. The van der Waals surface area contributed by atoms with Gasteiger partial charge in [-0.1, -0.05) is 0 Å². The van der Waals surface area contributed by atoms with E-state index >= 15 is 0 Å². The van der Waals surface area contributed by atoms with E-state index in [0.717, 1.165) is 0 Å². The van der Waals surface area contributed by atoms with Gasteiger partial charge in [0, 0.05) is 41.7 Å². The molecule has 9 nitrogen and oxygen atoms in total. The molecule has 0 amide bonds. The van der Waals surface area contributed by atoms with Crippen LogP contribution >= 0.6 is 0 Å². The summed E-state index contributed by atoms with van der Waals surface area (Å²) in [6.45, 7) is 0. The van der Waals surface area contributed by atoms with Crippen molar-refractivity contribution in [2.75, 3.05) is 0 Å². The summed E-state index contributed by atoms with van der Waals surface area (Å²) in [5.41, 5.74) is 0. The Morgan fingerprint density at radius 2 is 1.10 bits per heavy atom. The van der Waals surface area contributed by atoms with Gasteiger partial charge in [0.05, 0.1) is 5.09 Å². The third-order valence-electron chi connectivity index (χ3n) is 0. The van der Waals surface area contributed by atoms with Crippen LogP contribution in [-0.2, 0) is 0 Å². The van der Waals surface area contributed by atoms with Crippen LogP contribution in [0, 0.1) is 67.2 Å². The van der Waals surface area contributed by atoms with Gasteiger partial charge in [-0.25, -0.2) is 0 Å². The molecule has 0 radical (unpaired) electrons. The van der Waals surface area contributed by atoms with Crippen molar-refractivity contribution in [1.29, 1.82) is 0 Å². The molecule has 0 fully saturated rings. The largest absolute Gasteiger partial charge is 0.369 e. The first-order valence-electron chi connectivity index (χ1n) is 1.11. The molecule has 0 aliphatic heterocycles. The predicted molar refractivity (Wildman–Crippen MR) is 25.1 cm³/mol. The van der Waals surface area contributed by atoms with Crippen LogP contribution in [0.5, 0.6) is 0 Å². The van der Waals surface area contributed by atoms with E-state index in [-0.39, 0.29) is 47.9 Å². The van der Waals surface area contributed by atoms with Crippen LogP contribution in [-0.4, -0.2) is 15.4 Å². The summed E-state index contributed by atoms with van der Waals surface area (Å²) in [7, 11) is 0. The molecule has 0 aromatic heterocycles. The van der Waals surface area contributed by atoms with Crippen molar-refractivity contribution < 1.29 is 57.1 Å². The maximum atomic E-state index is 8.36. The van der Waals surface area contributed by atoms with E-state index in [2.05, 4.69) is 0 Å². The molecule has 10 heavy (non-hydrogen) atoms. The molecule has 0 spiro atoms. The molecule has 0 aliphatic carbocycles. The second kappa shape index (κ2) is 15.9. The molecule has 0 heterocycles. The van der Waals surface area contributed by atoms with Gasteiger partial charge < -0.3 is 26.7 Å². The zero-order valence-corrected chi connectivity index (χ0v) is 8.02. The number of hydrogen-bond acceptors (Lipinski definition) is 5. The van der Waals surface area contributed by atoms with Gasteiger partial charge in [-0.05, 0) is 0 Å². The van der Waals surface area contributed by atoms with Gasteiger partial charge in [-0.15, -0.1) is 10.1 Å². The molecule has 10 heteroatoms. The van der Waals surface area contributed by atoms with Crippen molar-refractivity contribution in [3.05, 3.63) is 25.4 Å². The molecule has 0 aromatic carbocycles. The van der Waals surface area contributed by atoms with Crippen LogP contribution in [0.4, 0.5) is 0 Å². The van der Waals surface area contributed by atoms with Gasteiger partial charge in [0.1, 0.15) is 0 Å². The van der Waals surface area contributed by atoms with Crippen LogP contribution in [0.15, 0.2) is 0 Å². The second-order valence-electron chi connectivity index (χ2n) is 0.461. The van der Waals surface area contributed by atoms with Crippen LogP contribution in [0.25, 0.3) is 0 Å². The molecule has 0 unspecified atom stereocenters. The molecule has 0 saturated carbocycles. The minimum atomic E-state index is -1.75. The van der Waals surface area contributed by atoms with Gasteiger partial charge in [-0.3, -0.25) is 0 Å². The Bertz CT molecular complexity index is 71.0. The molecule has 0 bridgehead atoms. The molecule has 0 aliphatic rings. The third-order valence-corrected chi connectivity index (χ3v) is 0. The summed E-state index contributed by atoms with van der Waals surface area (Å²) in [5.74, 6) is 0. The van der Waals surface area contributed by atoms with E-state index in [1.54, 1.807) is 0 Å². The molecule has 0 rings (SSSR count). The maximum Gasteiger partial charge on any atom is 0.291 e. The van der Waals surface area contributed by atoms with Gasteiger partial charge in [0.15, 0.2) is 0 Å².